The molecule has 1 unspecified atom stereocenters. The number of hydrogen-bond acceptors (Lipinski definition) is 3. The van der Waals surface area contributed by atoms with E-state index < -0.39 is 9.84 Å². The van der Waals surface area contributed by atoms with Crippen molar-refractivity contribution in [1.82, 2.24) is 5.32 Å². The molecule has 1 atom stereocenters. The van der Waals surface area contributed by atoms with E-state index in [1.807, 2.05) is 0 Å². The molecule has 1 aromatic rings. The highest BCUT2D eigenvalue weighted by atomic mass is 35.5. The third-order valence-electron chi connectivity index (χ3n) is 4.60. The summed E-state index contributed by atoms with van der Waals surface area (Å²) in [7, 11) is -2.90. The lowest BCUT2D eigenvalue weighted by molar-refractivity contribution is 0.0924. The monoisotopic (exact) mass is 317 g/mol. The van der Waals surface area contributed by atoms with Gasteiger partial charge < -0.3 is 5.32 Å². The molecule has 3 nitrogen and oxygen atoms in total. The molecule has 0 radical (unpaired) electrons. The average Bonchev–Trinajstić information content (AvgIpc) is 2.69. The number of benzene rings is 1. The summed E-state index contributed by atoms with van der Waals surface area (Å²) in [6.45, 7) is 1.56. The van der Waals surface area contributed by atoms with E-state index in [1.165, 1.54) is 12.1 Å². The normalized spacial score (nSPS) is 27.2. The maximum atomic E-state index is 13.4. The van der Waals surface area contributed by atoms with Crippen LogP contribution in [0, 0.1) is 17.2 Å². The van der Waals surface area contributed by atoms with Gasteiger partial charge in [0.2, 0.25) is 0 Å². The van der Waals surface area contributed by atoms with Crippen LogP contribution < -0.4 is 5.32 Å². The van der Waals surface area contributed by atoms with E-state index in [-0.39, 0.29) is 28.7 Å². The van der Waals surface area contributed by atoms with Crippen LogP contribution in [-0.2, 0) is 16.3 Å². The lowest BCUT2D eigenvalue weighted by Gasteiger charge is -2.47. The highest BCUT2D eigenvalue weighted by Gasteiger charge is 2.48. The van der Waals surface area contributed by atoms with Crippen molar-refractivity contribution in [2.24, 2.45) is 11.3 Å². The Morgan fingerprint density at radius 3 is 2.70 bits per heavy atom. The first-order chi connectivity index (χ1) is 9.40. The fourth-order valence-corrected chi connectivity index (χ4v) is 5.47. The Hall–Kier alpha value is -0.650. The van der Waals surface area contributed by atoms with Crippen molar-refractivity contribution >= 4 is 21.4 Å². The molecule has 110 valence electrons. The molecule has 2 heterocycles. The van der Waals surface area contributed by atoms with Crippen molar-refractivity contribution in [2.45, 2.75) is 12.8 Å². The standard InChI is InChI=1S/C14H17ClFNO2S/c15-13-2-1-12(16)5-10(13)6-14(8-17-9-14)11-3-4-20(18,19)7-11/h1-2,5,11,17H,3-4,6-9H2. The SMILES string of the molecule is O=S1(=O)CCC(C2(Cc3cc(F)ccc3Cl)CNC2)C1. The Kier molecular flexibility index (Phi) is 3.55. The molecule has 2 aliphatic heterocycles. The molecule has 0 amide bonds. The van der Waals surface area contributed by atoms with E-state index in [2.05, 4.69) is 5.32 Å². The summed E-state index contributed by atoms with van der Waals surface area (Å²) in [6.07, 6.45) is 1.34. The van der Waals surface area contributed by atoms with Gasteiger partial charge in [-0.3, -0.25) is 0 Å². The summed E-state index contributed by atoms with van der Waals surface area (Å²) in [4.78, 5) is 0. The van der Waals surface area contributed by atoms with E-state index >= 15 is 0 Å². The molecule has 1 aromatic carbocycles. The van der Waals surface area contributed by atoms with E-state index in [1.54, 1.807) is 6.07 Å². The van der Waals surface area contributed by atoms with Crippen LogP contribution in [-0.4, -0.2) is 33.0 Å². The Morgan fingerprint density at radius 1 is 1.40 bits per heavy atom. The molecule has 20 heavy (non-hydrogen) atoms. The summed E-state index contributed by atoms with van der Waals surface area (Å²) in [6, 6.07) is 4.38. The summed E-state index contributed by atoms with van der Waals surface area (Å²) in [5, 5.41) is 3.78. The van der Waals surface area contributed by atoms with E-state index in [9.17, 15) is 12.8 Å². The van der Waals surface area contributed by atoms with Crippen LogP contribution in [0.5, 0.6) is 0 Å². The van der Waals surface area contributed by atoms with E-state index in [0.29, 0.717) is 17.9 Å². The molecular formula is C14H17ClFNO2S. The average molecular weight is 318 g/mol. The van der Waals surface area contributed by atoms with E-state index in [4.69, 9.17) is 11.6 Å². The van der Waals surface area contributed by atoms with Crippen molar-refractivity contribution in [3.63, 3.8) is 0 Å². The number of hydrogen-bond donors (Lipinski definition) is 1. The van der Waals surface area contributed by atoms with Gasteiger partial charge in [-0.25, -0.2) is 12.8 Å². The molecule has 2 saturated heterocycles. The number of halogens is 2. The molecule has 2 fully saturated rings. The van der Waals surface area contributed by atoms with Crippen molar-refractivity contribution in [2.75, 3.05) is 24.6 Å². The molecule has 1 N–H and O–H groups in total. The fourth-order valence-electron chi connectivity index (χ4n) is 3.34. The van der Waals surface area contributed by atoms with Gasteiger partial charge >= 0.3 is 0 Å². The van der Waals surface area contributed by atoms with Crippen LogP contribution in [0.1, 0.15) is 12.0 Å². The van der Waals surface area contributed by atoms with Crippen LogP contribution in [0.4, 0.5) is 4.39 Å². The Bertz CT molecular complexity index is 628. The molecule has 0 aromatic heterocycles. The second-order valence-electron chi connectivity index (χ2n) is 5.98. The summed E-state index contributed by atoms with van der Waals surface area (Å²) in [5.41, 5.74) is 0.679. The maximum Gasteiger partial charge on any atom is 0.150 e. The predicted octanol–water partition coefficient (Wildman–Crippen LogP) is 2.05. The van der Waals surface area contributed by atoms with Gasteiger partial charge in [-0.1, -0.05) is 11.6 Å². The smallest absolute Gasteiger partial charge is 0.150 e. The van der Waals surface area contributed by atoms with Gasteiger partial charge in [0.25, 0.3) is 0 Å². The first-order valence-corrected chi connectivity index (χ1v) is 8.95. The molecule has 0 saturated carbocycles. The molecule has 2 aliphatic rings. The van der Waals surface area contributed by atoms with Gasteiger partial charge in [-0.05, 0) is 42.5 Å². The minimum atomic E-state index is -2.90. The molecular weight excluding hydrogens is 301 g/mol. The highest BCUT2D eigenvalue weighted by molar-refractivity contribution is 7.91. The van der Waals surface area contributed by atoms with Crippen molar-refractivity contribution < 1.29 is 12.8 Å². The molecule has 0 bridgehead atoms. The lowest BCUT2D eigenvalue weighted by atomic mass is 9.66. The second kappa shape index (κ2) is 4.97. The fraction of sp³-hybridized carbons (Fsp3) is 0.571. The van der Waals surface area contributed by atoms with Gasteiger partial charge in [0, 0.05) is 23.5 Å². The number of sulfone groups is 1. The van der Waals surface area contributed by atoms with Gasteiger partial charge in [0.05, 0.1) is 11.5 Å². The second-order valence-corrected chi connectivity index (χ2v) is 8.61. The Morgan fingerprint density at radius 2 is 2.15 bits per heavy atom. The lowest BCUT2D eigenvalue weighted by Crippen LogP contribution is -2.59. The van der Waals surface area contributed by atoms with Gasteiger partial charge in [-0.15, -0.1) is 0 Å². The highest BCUT2D eigenvalue weighted by Crippen LogP contribution is 2.42. The third-order valence-corrected chi connectivity index (χ3v) is 6.74. The zero-order chi connectivity index (χ0) is 14.4. The Balaban J connectivity index is 1.85. The van der Waals surface area contributed by atoms with Crippen LogP contribution in [0.2, 0.25) is 5.02 Å². The Labute approximate surface area is 123 Å². The minimum absolute atomic E-state index is 0.0962. The summed E-state index contributed by atoms with van der Waals surface area (Å²) < 4.78 is 36.8. The van der Waals surface area contributed by atoms with Crippen LogP contribution in [0.15, 0.2) is 18.2 Å². The maximum absolute atomic E-state index is 13.4. The van der Waals surface area contributed by atoms with Crippen molar-refractivity contribution in [1.29, 1.82) is 0 Å². The molecule has 3 rings (SSSR count). The summed E-state index contributed by atoms with van der Waals surface area (Å²) in [5.74, 6) is 0.372. The van der Waals surface area contributed by atoms with Gasteiger partial charge in [0.1, 0.15) is 5.82 Å². The third kappa shape index (κ3) is 2.59. The number of rotatable bonds is 3. The minimum Gasteiger partial charge on any atom is -0.315 e. The van der Waals surface area contributed by atoms with Crippen LogP contribution in [0.25, 0.3) is 0 Å². The zero-order valence-electron chi connectivity index (χ0n) is 11.0. The van der Waals surface area contributed by atoms with E-state index in [0.717, 1.165) is 18.7 Å². The molecule has 0 aliphatic carbocycles. The predicted molar refractivity (Wildman–Crippen MR) is 77.2 cm³/mol. The van der Waals surface area contributed by atoms with Crippen LogP contribution >= 0.6 is 11.6 Å². The topological polar surface area (TPSA) is 46.2 Å². The largest absolute Gasteiger partial charge is 0.315 e. The number of nitrogens with one attached hydrogen (secondary N) is 1. The first kappa shape index (κ1) is 14.3. The molecule has 6 heteroatoms. The zero-order valence-corrected chi connectivity index (χ0v) is 12.6. The van der Waals surface area contributed by atoms with Gasteiger partial charge in [0.15, 0.2) is 9.84 Å². The quantitative estimate of drug-likeness (QED) is 0.928. The first-order valence-electron chi connectivity index (χ1n) is 6.75. The van der Waals surface area contributed by atoms with Crippen molar-refractivity contribution in [3.05, 3.63) is 34.6 Å². The molecule has 0 spiro atoms. The van der Waals surface area contributed by atoms with Crippen molar-refractivity contribution in [3.8, 4) is 0 Å². The summed E-state index contributed by atoms with van der Waals surface area (Å²) >= 11 is 6.14. The van der Waals surface area contributed by atoms with Crippen LogP contribution in [0.3, 0.4) is 0 Å². The van der Waals surface area contributed by atoms with Gasteiger partial charge in [-0.2, -0.15) is 0 Å².